The Bertz CT molecular complexity index is 1130. The number of carbonyl (C=O) groups is 1. The summed E-state index contributed by atoms with van der Waals surface area (Å²) in [7, 11) is 0. The molecule has 0 aliphatic heterocycles. The second-order valence-corrected chi connectivity index (χ2v) is 7.79. The molecule has 1 N–H and O–H groups in total. The highest BCUT2D eigenvalue weighted by Crippen LogP contribution is 2.21. The zero-order chi connectivity index (χ0) is 23.1. The van der Waals surface area contributed by atoms with Gasteiger partial charge in [-0.05, 0) is 67.6 Å². The van der Waals surface area contributed by atoms with Crippen LogP contribution in [0.5, 0.6) is 0 Å². The fraction of sp³-hybridized carbons (Fsp3) is 0.320. The van der Waals surface area contributed by atoms with Gasteiger partial charge < -0.3 is 5.32 Å². The van der Waals surface area contributed by atoms with Gasteiger partial charge in [-0.25, -0.2) is 8.78 Å². The molecule has 0 unspecified atom stereocenters. The van der Waals surface area contributed by atoms with Crippen LogP contribution in [0.25, 0.3) is 0 Å². The summed E-state index contributed by atoms with van der Waals surface area (Å²) in [6.07, 6.45) is 1.46. The van der Waals surface area contributed by atoms with E-state index in [4.69, 9.17) is 5.26 Å². The Labute approximate surface area is 186 Å². The molecule has 1 heterocycles. The molecule has 1 aromatic heterocycles. The Morgan fingerprint density at radius 3 is 2.56 bits per heavy atom. The van der Waals surface area contributed by atoms with Crippen molar-refractivity contribution in [1.82, 2.24) is 15.1 Å². The van der Waals surface area contributed by atoms with Crippen LogP contribution >= 0.6 is 0 Å². The number of nitriles is 1. The van der Waals surface area contributed by atoms with Gasteiger partial charge in [-0.3, -0.25) is 9.48 Å². The van der Waals surface area contributed by atoms with E-state index in [9.17, 15) is 13.6 Å². The first-order valence-corrected chi connectivity index (χ1v) is 10.6. The van der Waals surface area contributed by atoms with E-state index < -0.39 is 11.9 Å². The van der Waals surface area contributed by atoms with Crippen molar-refractivity contribution in [1.29, 1.82) is 5.26 Å². The van der Waals surface area contributed by atoms with Crippen LogP contribution in [0.4, 0.5) is 8.78 Å². The summed E-state index contributed by atoms with van der Waals surface area (Å²) in [6.45, 7) is 4.34. The van der Waals surface area contributed by atoms with Crippen LogP contribution in [0.1, 0.15) is 47.0 Å². The molecular formula is C25H26F2N4O. The van der Waals surface area contributed by atoms with Gasteiger partial charge in [-0.15, -0.1) is 0 Å². The lowest BCUT2D eigenvalue weighted by molar-refractivity contribution is -0.121. The third kappa shape index (κ3) is 6.01. The molecule has 32 heavy (non-hydrogen) atoms. The zero-order valence-electron chi connectivity index (χ0n) is 18.2. The van der Waals surface area contributed by atoms with E-state index in [-0.39, 0.29) is 18.1 Å². The van der Waals surface area contributed by atoms with E-state index >= 15 is 0 Å². The lowest BCUT2D eigenvalue weighted by Gasteiger charge is -2.20. The molecule has 0 aliphatic rings. The predicted octanol–water partition coefficient (Wildman–Crippen LogP) is 4.72. The number of aromatic nitrogens is 2. The Morgan fingerprint density at radius 1 is 1.16 bits per heavy atom. The number of carbonyl (C=O) groups excluding carboxylic acids is 1. The minimum atomic E-state index is -0.486. The second-order valence-electron chi connectivity index (χ2n) is 7.79. The fourth-order valence-electron chi connectivity index (χ4n) is 3.85. The van der Waals surface area contributed by atoms with Crippen molar-refractivity contribution in [3.8, 4) is 6.07 Å². The monoisotopic (exact) mass is 436 g/mol. The SMILES string of the molecule is Cc1nn(CCC#N)c(C)c1CCC(=O)N[C@@H](Cc1cccc(F)c1)c1cccc(F)c1. The highest BCUT2D eigenvalue weighted by molar-refractivity contribution is 5.76. The average molecular weight is 437 g/mol. The summed E-state index contributed by atoms with van der Waals surface area (Å²) in [5.41, 5.74) is 4.12. The van der Waals surface area contributed by atoms with Gasteiger partial charge in [0.05, 0.1) is 30.8 Å². The van der Waals surface area contributed by atoms with E-state index in [2.05, 4.69) is 16.5 Å². The number of benzene rings is 2. The Balaban J connectivity index is 1.71. The summed E-state index contributed by atoms with van der Waals surface area (Å²) in [6, 6.07) is 13.9. The summed E-state index contributed by atoms with van der Waals surface area (Å²) in [5.74, 6) is -0.928. The van der Waals surface area contributed by atoms with Gasteiger partial charge in [-0.2, -0.15) is 10.4 Å². The molecule has 0 bridgehead atoms. The summed E-state index contributed by atoms with van der Waals surface area (Å²) in [5, 5.41) is 16.2. The summed E-state index contributed by atoms with van der Waals surface area (Å²) >= 11 is 0. The maximum atomic E-state index is 13.8. The first-order valence-electron chi connectivity index (χ1n) is 10.6. The van der Waals surface area contributed by atoms with E-state index in [0.717, 1.165) is 17.0 Å². The largest absolute Gasteiger partial charge is 0.349 e. The van der Waals surface area contributed by atoms with E-state index in [1.54, 1.807) is 28.9 Å². The third-order valence-electron chi connectivity index (χ3n) is 5.48. The summed E-state index contributed by atoms with van der Waals surface area (Å²) < 4.78 is 29.2. The number of hydrogen-bond acceptors (Lipinski definition) is 3. The van der Waals surface area contributed by atoms with Crippen LogP contribution in [0.15, 0.2) is 48.5 Å². The van der Waals surface area contributed by atoms with Crippen LogP contribution < -0.4 is 5.32 Å². The minimum absolute atomic E-state index is 0.181. The molecule has 0 spiro atoms. The zero-order valence-corrected chi connectivity index (χ0v) is 18.2. The molecular weight excluding hydrogens is 410 g/mol. The molecule has 3 rings (SSSR count). The van der Waals surface area contributed by atoms with Crippen molar-refractivity contribution in [2.45, 2.75) is 52.1 Å². The number of nitrogens with zero attached hydrogens (tertiary/aromatic N) is 3. The molecule has 0 saturated carbocycles. The first-order chi connectivity index (χ1) is 15.4. The number of aryl methyl sites for hydroxylation is 2. The van der Waals surface area contributed by atoms with Crippen molar-refractivity contribution in [2.24, 2.45) is 0 Å². The van der Waals surface area contributed by atoms with Crippen LogP contribution in [-0.2, 0) is 24.2 Å². The molecule has 0 radical (unpaired) electrons. The molecule has 5 nitrogen and oxygen atoms in total. The van der Waals surface area contributed by atoms with Gasteiger partial charge in [0.2, 0.25) is 5.91 Å². The maximum absolute atomic E-state index is 13.8. The minimum Gasteiger partial charge on any atom is -0.349 e. The molecule has 2 aromatic carbocycles. The molecule has 166 valence electrons. The molecule has 3 aromatic rings. The summed E-state index contributed by atoms with van der Waals surface area (Å²) in [4.78, 5) is 12.8. The van der Waals surface area contributed by atoms with E-state index in [1.807, 2.05) is 13.8 Å². The van der Waals surface area contributed by atoms with Crippen molar-refractivity contribution >= 4 is 5.91 Å². The van der Waals surface area contributed by atoms with Crippen molar-refractivity contribution < 1.29 is 13.6 Å². The standard InChI is InChI=1S/C25H26F2N4O/c1-17-23(18(2)31(30-17)13-5-12-28)10-11-25(32)29-24(20-7-4-9-22(27)16-20)15-19-6-3-8-21(26)14-19/h3-4,6-9,14,16,24H,5,10-11,13,15H2,1-2H3,(H,29,32)/t24-/m0/s1. The molecule has 0 aliphatic carbocycles. The van der Waals surface area contributed by atoms with E-state index in [1.165, 1.54) is 24.3 Å². The van der Waals surface area contributed by atoms with E-state index in [0.29, 0.717) is 36.9 Å². The van der Waals surface area contributed by atoms with Gasteiger partial charge >= 0.3 is 0 Å². The lowest BCUT2D eigenvalue weighted by Crippen LogP contribution is -2.30. The average Bonchev–Trinajstić information content (AvgIpc) is 3.03. The van der Waals surface area contributed by atoms with Gasteiger partial charge in [0.25, 0.3) is 0 Å². The number of amides is 1. The third-order valence-corrected chi connectivity index (χ3v) is 5.48. The van der Waals surface area contributed by atoms with Crippen molar-refractivity contribution in [3.63, 3.8) is 0 Å². The Hall–Kier alpha value is -3.53. The predicted molar refractivity (Wildman–Crippen MR) is 118 cm³/mol. The number of hydrogen-bond donors (Lipinski definition) is 1. The van der Waals surface area contributed by atoms with Crippen LogP contribution in [0.2, 0.25) is 0 Å². The molecule has 0 fully saturated rings. The Morgan fingerprint density at radius 2 is 1.88 bits per heavy atom. The number of rotatable bonds is 9. The molecule has 1 atom stereocenters. The fourth-order valence-corrected chi connectivity index (χ4v) is 3.85. The normalized spacial score (nSPS) is 11.7. The van der Waals surface area contributed by atoms with Crippen LogP contribution in [0.3, 0.4) is 0 Å². The smallest absolute Gasteiger partial charge is 0.220 e. The quantitative estimate of drug-likeness (QED) is 0.527. The van der Waals surface area contributed by atoms with Gasteiger partial charge in [-0.1, -0.05) is 24.3 Å². The topological polar surface area (TPSA) is 70.7 Å². The Kier molecular flexibility index (Phi) is 7.72. The number of halogens is 2. The lowest BCUT2D eigenvalue weighted by atomic mass is 9.98. The highest BCUT2D eigenvalue weighted by atomic mass is 19.1. The van der Waals surface area contributed by atoms with Crippen LogP contribution in [0, 0.1) is 36.8 Å². The maximum Gasteiger partial charge on any atom is 0.220 e. The highest BCUT2D eigenvalue weighted by Gasteiger charge is 2.18. The number of nitrogens with one attached hydrogen (secondary N) is 1. The van der Waals surface area contributed by atoms with Gasteiger partial charge in [0, 0.05) is 12.1 Å². The van der Waals surface area contributed by atoms with Crippen molar-refractivity contribution in [2.75, 3.05) is 0 Å². The second kappa shape index (κ2) is 10.7. The first kappa shape index (κ1) is 23.1. The molecule has 1 amide bonds. The molecule has 7 heteroatoms. The molecule has 0 saturated heterocycles. The van der Waals surface area contributed by atoms with Crippen molar-refractivity contribution in [3.05, 3.63) is 88.2 Å². The van der Waals surface area contributed by atoms with Gasteiger partial charge in [0.15, 0.2) is 0 Å². The van der Waals surface area contributed by atoms with Gasteiger partial charge in [0.1, 0.15) is 11.6 Å². The van der Waals surface area contributed by atoms with Crippen LogP contribution in [-0.4, -0.2) is 15.7 Å².